The van der Waals surface area contributed by atoms with E-state index >= 15 is 0 Å². The van der Waals surface area contributed by atoms with Crippen LogP contribution in [0.4, 0.5) is 4.79 Å². The van der Waals surface area contributed by atoms with Gasteiger partial charge in [0.25, 0.3) is 5.91 Å². The zero-order valence-corrected chi connectivity index (χ0v) is 23.8. The van der Waals surface area contributed by atoms with E-state index in [4.69, 9.17) is 11.0 Å². The highest BCUT2D eigenvalue weighted by Gasteiger charge is 2.56. The van der Waals surface area contributed by atoms with Crippen LogP contribution in [-0.4, -0.2) is 69.0 Å². The molecule has 0 aliphatic carbocycles. The number of imidazole rings is 1. The van der Waals surface area contributed by atoms with Crippen LogP contribution in [0.2, 0.25) is 0 Å². The first-order chi connectivity index (χ1) is 20.9. The highest BCUT2D eigenvalue weighted by molar-refractivity contribution is 5.98. The van der Waals surface area contributed by atoms with Gasteiger partial charge < -0.3 is 15.6 Å². The van der Waals surface area contributed by atoms with Gasteiger partial charge in [-0.2, -0.15) is 9.74 Å². The number of quaternary nitrogens is 1. The number of benzene rings is 3. The Morgan fingerprint density at radius 2 is 1.63 bits per heavy atom. The third-order valence-electron chi connectivity index (χ3n) is 7.98. The summed E-state index contributed by atoms with van der Waals surface area (Å²) in [4.78, 5) is 47.3. The van der Waals surface area contributed by atoms with Crippen molar-refractivity contribution in [2.75, 3.05) is 26.2 Å². The Balaban J connectivity index is 1.33. The van der Waals surface area contributed by atoms with Gasteiger partial charge in [-0.15, -0.1) is 0 Å². The number of nitriles is 1. The number of nitrogens with zero attached hydrogens (tertiary/aromatic N) is 5. The number of nitrogens with two attached hydrogens (primary N) is 1. The van der Waals surface area contributed by atoms with Crippen molar-refractivity contribution >= 4 is 17.8 Å². The lowest BCUT2D eigenvalue weighted by Crippen LogP contribution is -2.75. The SMILES string of the molecule is N#Cc1ccc(Cn2cncc2CCNC(=O)[C@H]2CN(Cc3ccccc3)CC[N+]2(C(N)=O)C(=O)c2ccccc2)cc1. The Morgan fingerprint density at radius 1 is 0.953 bits per heavy atom. The number of nitrogens with one attached hydrogen (secondary N) is 1. The molecule has 2 heterocycles. The minimum Gasteiger partial charge on any atom is -0.350 e. The van der Waals surface area contributed by atoms with Crippen molar-refractivity contribution in [2.24, 2.45) is 5.73 Å². The molecule has 4 aromatic rings. The van der Waals surface area contributed by atoms with E-state index in [9.17, 15) is 14.4 Å². The van der Waals surface area contributed by atoms with E-state index < -0.39 is 28.4 Å². The smallest absolute Gasteiger partial charge is 0.350 e. The van der Waals surface area contributed by atoms with E-state index in [1.54, 1.807) is 55.0 Å². The average Bonchev–Trinajstić information content (AvgIpc) is 3.48. The molecule has 0 bridgehead atoms. The molecule has 0 saturated carbocycles. The maximum Gasteiger partial charge on any atom is 0.422 e. The highest BCUT2D eigenvalue weighted by atomic mass is 16.2. The lowest BCUT2D eigenvalue weighted by atomic mass is 10.0. The average molecular weight is 577 g/mol. The summed E-state index contributed by atoms with van der Waals surface area (Å²) < 4.78 is 1.22. The molecule has 0 spiro atoms. The number of amides is 4. The minimum atomic E-state index is -1.02. The monoisotopic (exact) mass is 576 g/mol. The molecule has 4 amide bonds. The Kier molecular flexibility index (Phi) is 9.05. The van der Waals surface area contributed by atoms with Crippen LogP contribution in [0, 0.1) is 11.3 Å². The molecule has 3 N–H and O–H groups in total. The van der Waals surface area contributed by atoms with Gasteiger partial charge in [0, 0.05) is 44.5 Å². The van der Waals surface area contributed by atoms with Crippen LogP contribution < -0.4 is 11.1 Å². The molecule has 1 unspecified atom stereocenters. The van der Waals surface area contributed by atoms with Crippen LogP contribution in [-0.2, 0) is 24.3 Å². The summed E-state index contributed by atoms with van der Waals surface area (Å²) in [5.41, 5.74) is 9.91. The molecular formula is C33H34N7O3+. The molecule has 1 saturated heterocycles. The number of urea groups is 1. The molecular weight excluding hydrogens is 542 g/mol. The maximum atomic E-state index is 13.9. The lowest BCUT2D eigenvalue weighted by Gasteiger charge is -2.44. The molecule has 218 valence electrons. The molecule has 10 nitrogen and oxygen atoms in total. The van der Waals surface area contributed by atoms with E-state index in [0.29, 0.717) is 37.2 Å². The first kappa shape index (κ1) is 29.4. The van der Waals surface area contributed by atoms with E-state index in [-0.39, 0.29) is 19.6 Å². The van der Waals surface area contributed by atoms with E-state index in [2.05, 4.69) is 21.3 Å². The fourth-order valence-corrected chi connectivity index (χ4v) is 5.63. The number of aromatic nitrogens is 2. The Bertz CT molecular complexity index is 1610. The van der Waals surface area contributed by atoms with Crippen LogP contribution >= 0.6 is 0 Å². The van der Waals surface area contributed by atoms with Crippen LogP contribution in [0.5, 0.6) is 0 Å². The van der Waals surface area contributed by atoms with E-state index in [1.807, 2.05) is 47.0 Å². The normalized spacial score (nSPS) is 18.4. The van der Waals surface area contributed by atoms with Gasteiger partial charge in [-0.25, -0.2) is 14.6 Å². The Morgan fingerprint density at radius 3 is 2.30 bits per heavy atom. The number of imide groups is 1. The minimum absolute atomic E-state index is 0.0886. The maximum absolute atomic E-state index is 13.9. The Hall–Kier alpha value is -5.11. The molecule has 0 radical (unpaired) electrons. The first-order valence-corrected chi connectivity index (χ1v) is 14.2. The molecule has 2 atom stereocenters. The number of carbonyl (C=O) groups is 3. The number of carbonyl (C=O) groups excluding carboxylic acids is 3. The number of hydrogen-bond donors (Lipinski definition) is 2. The lowest BCUT2D eigenvalue weighted by molar-refractivity contribution is -0.790. The van der Waals surface area contributed by atoms with Gasteiger partial charge in [0.2, 0.25) is 0 Å². The fourth-order valence-electron chi connectivity index (χ4n) is 5.63. The van der Waals surface area contributed by atoms with Gasteiger partial charge in [-0.1, -0.05) is 60.7 Å². The van der Waals surface area contributed by atoms with Gasteiger partial charge in [0.05, 0.1) is 30.1 Å². The second kappa shape index (κ2) is 13.2. The molecule has 5 rings (SSSR count). The van der Waals surface area contributed by atoms with Crippen molar-refractivity contribution in [1.82, 2.24) is 19.8 Å². The topological polar surface area (TPSA) is 134 Å². The third-order valence-corrected chi connectivity index (χ3v) is 7.98. The molecule has 1 aromatic heterocycles. The van der Waals surface area contributed by atoms with Gasteiger partial charge in [0.15, 0.2) is 6.04 Å². The molecule has 43 heavy (non-hydrogen) atoms. The quantitative estimate of drug-likeness (QED) is 0.294. The predicted octanol–water partition coefficient (Wildman–Crippen LogP) is 3.08. The van der Waals surface area contributed by atoms with Crippen LogP contribution in [0.25, 0.3) is 0 Å². The Labute approximate surface area is 250 Å². The molecule has 1 aliphatic heterocycles. The molecule has 1 aliphatic rings. The number of hydrogen-bond acceptors (Lipinski definition) is 6. The van der Waals surface area contributed by atoms with Crippen molar-refractivity contribution in [1.29, 1.82) is 5.26 Å². The van der Waals surface area contributed by atoms with Crippen LogP contribution in [0.3, 0.4) is 0 Å². The number of primary amides is 1. The van der Waals surface area contributed by atoms with Gasteiger partial charge in [0.1, 0.15) is 6.54 Å². The van der Waals surface area contributed by atoms with Gasteiger partial charge in [-0.3, -0.25) is 9.69 Å². The van der Waals surface area contributed by atoms with Crippen LogP contribution in [0.15, 0.2) is 97.5 Å². The zero-order valence-electron chi connectivity index (χ0n) is 23.8. The third kappa shape index (κ3) is 6.54. The number of rotatable bonds is 9. The van der Waals surface area contributed by atoms with Crippen molar-refractivity contribution in [3.63, 3.8) is 0 Å². The molecule has 10 heteroatoms. The highest BCUT2D eigenvalue weighted by Crippen LogP contribution is 2.26. The summed E-state index contributed by atoms with van der Waals surface area (Å²) in [7, 11) is 0. The largest absolute Gasteiger partial charge is 0.422 e. The van der Waals surface area contributed by atoms with Crippen LogP contribution in [0.1, 0.15) is 32.7 Å². The fraction of sp³-hybridized carbons (Fsp3) is 0.242. The summed E-state index contributed by atoms with van der Waals surface area (Å²) in [6.07, 6.45) is 3.97. The van der Waals surface area contributed by atoms with Crippen molar-refractivity contribution in [3.05, 3.63) is 125 Å². The number of piperazine rings is 1. The molecule has 3 aromatic carbocycles. The summed E-state index contributed by atoms with van der Waals surface area (Å²) in [6, 6.07) is 26.0. The van der Waals surface area contributed by atoms with Crippen molar-refractivity contribution in [2.45, 2.75) is 25.6 Å². The standard InChI is InChI=1S/C33H33N7O3/c34-19-25-11-13-27(14-12-25)22-39-24-36-20-29(39)15-16-37-31(41)30-23-38(21-26-7-3-1-4-8-26)17-18-40(30,33(35)43)32(42)28-9-5-2-6-10-28/h1-14,20,24,30H,15-18,21-23H2,(H2-,35,37,41,43)/p+1/t30-,40?/m1/s1. The van der Waals surface area contributed by atoms with Crippen molar-refractivity contribution < 1.29 is 18.9 Å². The molecule has 1 fully saturated rings. The van der Waals surface area contributed by atoms with E-state index in [0.717, 1.165) is 16.8 Å². The summed E-state index contributed by atoms with van der Waals surface area (Å²) in [5, 5.41) is 12.0. The predicted molar refractivity (Wildman–Crippen MR) is 160 cm³/mol. The zero-order chi connectivity index (χ0) is 30.2. The second-order valence-corrected chi connectivity index (χ2v) is 10.7. The van der Waals surface area contributed by atoms with E-state index in [1.165, 1.54) is 0 Å². The summed E-state index contributed by atoms with van der Waals surface area (Å²) in [6.45, 7) is 2.14. The van der Waals surface area contributed by atoms with Gasteiger partial charge in [-0.05, 0) is 35.4 Å². The first-order valence-electron chi connectivity index (χ1n) is 14.2. The van der Waals surface area contributed by atoms with Gasteiger partial charge >= 0.3 is 11.9 Å². The van der Waals surface area contributed by atoms with Crippen molar-refractivity contribution in [3.8, 4) is 6.07 Å². The second-order valence-electron chi connectivity index (χ2n) is 10.7. The summed E-state index contributed by atoms with van der Waals surface area (Å²) in [5.74, 6) is -0.882. The summed E-state index contributed by atoms with van der Waals surface area (Å²) >= 11 is 0.